The van der Waals surface area contributed by atoms with Crippen LogP contribution >= 0.6 is 11.6 Å². The molecule has 0 amide bonds. The van der Waals surface area contributed by atoms with Gasteiger partial charge in [-0.15, -0.1) is 0 Å². The minimum absolute atomic E-state index is 0.173. The monoisotopic (exact) mass is 320 g/mol. The molecule has 114 valence electrons. The standard InChI is InChI=1S/C17H15ClF2N2/c18-10-1-2-15-14(7-10)13-3-4-21-16(17(13)22-15)9-5-11(19)8-12(20)6-9/h1-2,5,7-8,12,16,21-22H,3-4,6H2. The van der Waals surface area contributed by atoms with Crippen molar-refractivity contribution in [1.29, 1.82) is 0 Å². The molecule has 0 fully saturated rings. The van der Waals surface area contributed by atoms with Gasteiger partial charge in [-0.3, -0.25) is 0 Å². The molecule has 2 aliphatic rings. The maximum Gasteiger partial charge on any atom is 0.125 e. The summed E-state index contributed by atoms with van der Waals surface area (Å²) in [4.78, 5) is 3.39. The zero-order valence-electron chi connectivity index (χ0n) is 11.8. The van der Waals surface area contributed by atoms with Crippen molar-refractivity contribution in [3.05, 3.63) is 58.0 Å². The first-order valence-corrected chi connectivity index (χ1v) is 7.75. The van der Waals surface area contributed by atoms with E-state index in [9.17, 15) is 8.78 Å². The number of hydrogen-bond acceptors (Lipinski definition) is 1. The summed E-state index contributed by atoms with van der Waals surface area (Å²) < 4.78 is 27.2. The zero-order valence-corrected chi connectivity index (χ0v) is 12.6. The summed E-state index contributed by atoms with van der Waals surface area (Å²) in [6.45, 7) is 0.775. The van der Waals surface area contributed by atoms with Gasteiger partial charge in [0.15, 0.2) is 0 Å². The normalized spacial score (nSPS) is 24.9. The lowest BCUT2D eigenvalue weighted by Gasteiger charge is -2.28. The fraction of sp³-hybridized carbons (Fsp3) is 0.294. The van der Waals surface area contributed by atoms with Crippen molar-refractivity contribution in [2.45, 2.75) is 25.1 Å². The lowest BCUT2D eigenvalue weighted by molar-refractivity contribution is 0.371. The second kappa shape index (κ2) is 5.21. The molecule has 0 spiro atoms. The summed E-state index contributed by atoms with van der Waals surface area (Å²) >= 11 is 6.09. The molecule has 0 bridgehead atoms. The molecule has 2 atom stereocenters. The van der Waals surface area contributed by atoms with Crippen LogP contribution in [0.2, 0.25) is 5.02 Å². The number of benzene rings is 1. The van der Waals surface area contributed by atoms with E-state index in [-0.39, 0.29) is 12.5 Å². The average molecular weight is 321 g/mol. The van der Waals surface area contributed by atoms with E-state index in [1.165, 1.54) is 11.6 Å². The molecule has 1 aliphatic heterocycles. The summed E-state index contributed by atoms with van der Waals surface area (Å²) in [6.07, 6.45) is 2.31. The number of H-pyrrole nitrogens is 1. The number of halogens is 3. The molecule has 22 heavy (non-hydrogen) atoms. The van der Waals surface area contributed by atoms with Crippen LogP contribution in [0.3, 0.4) is 0 Å². The lowest BCUT2D eigenvalue weighted by atomic mass is 9.89. The molecule has 2 heterocycles. The first-order valence-electron chi connectivity index (χ1n) is 7.37. The molecule has 2 N–H and O–H groups in total. The third kappa shape index (κ3) is 2.27. The Morgan fingerprint density at radius 2 is 2.14 bits per heavy atom. The average Bonchev–Trinajstić information content (AvgIpc) is 2.84. The quantitative estimate of drug-likeness (QED) is 0.794. The van der Waals surface area contributed by atoms with Gasteiger partial charge in [0.1, 0.15) is 12.0 Å². The Morgan fingerprint density at radius 3 is 2.95 bits per heavy atom. The molecule has 5 heteroatoms. The van der Waals surface area contributed by atoms with Gasteiger partial charge in [-0.25, -0.2) is 8.78 Å². The third-order valence-corrected chi connectivity index (χ3v) is 4.61. The summed E-state index contributed by atoms with van der Waals surface area (Å²) in [5.41, 5.74) is 3.93. The molecule has 1 aliphatic carbocycles. The van der Waals surface area contributed by atoms with Crippen LogP contribution in [0, 0.1) is 0 Å². The van der Waals surface area contributed by atoms with Gasteiger partial charge in [0, 0.05) is 34.6 Å². The van der Waals surface area contributed by atoms with Gasteiger partial charge < -0.3 is 10.3 Å². The molecule has 4 rings (SSSR count). The van der Waals surface area contributed by atoms with Crippen molar-refractivity contribution >= 4 is 22.5 Å². The Balaban J connectivity index is 1.83. The van der Waals surface area contributed by atoms with Crippen LogP contribution in [-0.2, 0) is 6.42 Å². The molecule has 2 unspecified atom stereocenters. The molecule has 2 aromatic rings. The Kier molecular flexibility index (Phi) is 3.31. The third-order valence-electron chi connectivity index (χ3n) is 4.38. The van der Waals surface area contributed by atoms with Gasteiger partial charge >= 0.3 is 0 Å². The Hall–Kier alpha value is -1.65. The second-order valence-corrected chi connectivity index (χ2v) is 6.27. The van der Waals surface area contributed by atoms with Crippen molar-refractivity contribution < 1.29 is 8.78 Å². The molecule has 0 saturated carbocycles. The van der Waals surface area contributed by atoms with E-state index in [1.54, 1.807) is 0 Å². The van der Waals surface area contributed by atoms with Gasteiger partial charge in [0.2, 0.25) is 0 Å². The first-order chi connectivity index (χ1) is 10.6. The lowest BCUT2D eigenvalue weighted by Crippen LogP contribution is -2.32. The topological polar surface area (TPSA) is 27.8 Å². The van der Waals surface area contributed by atoms with E-state index in [2.05, 4.69) is 10.3 Å². The van der Waals surface area contributed by atoms with Gasteiger partial charge in [0.25, 0.3) is 0 Å². The number of alkyl halides is 1. The number of hydrogen-bond donors (Lipinski definition) is 2. The molecule has 1 aromatic carbocycles. The van der Waals surface area contributed by atoms with Crippen molar-refractivity contribution in [2.75, 3.05) is 6.54 Å². The van der Waals surface area contributed by atoms with E-state index in [0.717, 1.165) is 41.2 Å². The SMILES string of the molecule is FC1=CC(F)CC(C2NCCc3c2[nH]c2ccc(Cl)cc32)=C1. The number of allylic oxidation sites excluding steroid dienone is 3. The summed E-state index contributed by atoms with van der Waals surface area (Å²) in [7, 11) is 0. The summed E-state index contributed by atoms with van der Waals surface area (Å²) in [6, 6.07) is 5.56. The number of aromatic nitrogens is 1. The largest absolute Gasteiger partial charge is 0.357 e. The highest BCUT2D eigenvalue weighted by Gasteiger charge is 2.29. The van der Waals surface area contributed by atoms with E-state index in [0.29, 0.717) is 5.02 Å². The summed E-state index contributed by atoms with van der Waals surface area (Å²) in [5.74, 6) is -0.498. The number of nitrogens with one attached hydrogen (secondary N) is 2. The molecule has 0 radical (unpaired) electrons. The maximum atomic E-state index is 13.7. The fourth-order valence-electron chi connectivity index (χ4n) is 3.46. The molecular weight excluding hydrogens is 306 g/mol. The van der Waals surface area contributed by atoms with Crippen LogP contribution in [0.1, 0.15) is 23.7 Å². The van der Waals surface area contributed by atoms with Crippen molar-refractivity contribution in [2.24, 2.45) is 0 Å². The fourth-order valence-corrected chi connectivity index (χ4v) is 3.63. The Labute approximate surface area is 131 Å². The van der Waals surface area contributed by atoms with Crippen LogP contribution in [0.4, 0.5) is 8.78 Å². The molecular formula is C17H15ClF2N2. The smallest absolute Gasteiger partial charge is 0.125 e. The molecule has 1 aromatic heterocycles. The van der Waals surface area contributed by atoms with Crippen molar-refractivity contribution in [3.63, 3.8) is 0 Å². The minimum Gasteiger partial charge on any atom is -0.357 e. The van der Waals surface area contributed by atoms with Crippen LogP contribution in [0.5, 0.6) is 0 Å². The van der Waals surface area contributed by atoms with Gasteiger partial charge in [-0.2, -0.15) is 0 Å². The van der Waals surface area contributed by atoms with Gasteiger partial charge in [-0.1, -0.05) is 11.6 Å². The zero-order chi connectivity index (χ0) is 15.3. The predicted molar refractivity (Wildman–Crippen MR) is 84.5 cm³/mol. The van der Waals surface area contributed by atoms with Crippen LogP contribution in [-0.4, -0.2) is 17.7 Å². The highest BCUT2D eigenvalue weighted by Crippen LogP contribution is 2.37. The van der Waals surface area contributed by atoms with E-state index in [4.69, 9.17) is 11.6 Å². The molecule has 2 nitrogen and oxygen atoms in total. The highest BCUT2D eigenvalue weighted by atomic mass is 35.5. The van der Waals surface area contributed by atoms with Crippen LogP contribution < -0.4 is 5.32 Å². The minimum atomic E-state index is -1.26. The first kappa shape index (κ1) is 14.0. The van der Waals surface area contributed by atoms with E-state index >= 15 is 0 Å². The van der Waals surface area contributed by atoms with E-state index in [1.807, 2.05) is 18.2 Å². The van der Waals surface area contributed by atoms with Crippen molar-refractivity contribution in [3.8, 4) is 0 Å². The Morgan fingerprint density at radius 1 is 1.27 bits per heavy atom. The number of fused-ring (bicyclic) bond motifs is 3. The van der Waals surface area contributed by atoms with Gasteiger partial charge in [-0.05, 0) is 47.9 Å². The van der Waals surface area contributed by atoms with Crippen molar-refractivity contribution in [1.82, 2.24) is 10.3 Å². The van der Waals surface area contributed by atoms with Crippen LogP contribution in [0.15, 0.2) is 41.8 Å². The second-order valence-electron chi connectivity index (χ2n) is 5.84. The molecule has 0 saturated heterocycles. The maximum absolute atomic E-state index is 13.7. The summed E-state index contributed by atoms with van der Waals surface area (Å²) in [5, 5.41) is 5.16. The Bertz CT molecular complexity index is 806. The van der Waals surface area contributed by atoms with Gasteiger partial charge in [0.05, 0.1) is 6.04 Å². The predicted octanol–water partition coefficient (Wildman–Crippen LogP) is 4.53. The van der Waals surface area contributed by atoms with Crippen LogP contribution in [0.25, 0.3) is 10.9 Å². The number of rotatable bonds is 1. The number of aromatic amines is 1. The van der Waals surface area contributed by atoms with E-state index < -0.39 is 12.0 Å². The highest BCUT2D eigenvalue weighted by molar-refractivity contribution is 6.31.